The Morgan fingerprint density at radius 1 is 0.591 bits per heavy atom. The van der Waals surface area contributed by atoms with Crippen LogP contribution in [0.15, 0.2) is 5.18 Å². The summed E-state index contributed by atoms with van der Waals surface area (Å²) in [6, 6.07) is 0. The zero-order valence-electron chi connectivity index (χ0n) is 15.7. The van der Waals surface area contributed by atoms with E-state index in [9.17, 15) is 4.91 Å². The van der Waals surface area contributed by atoms with Crippen LogP contribution >= 0.6 is 0 Å². The summed E-state index contributed by atoms with van der Waals surface area (Å²) < 4.78 is 0. The average molecular weight is 312 g/mol. The van der Waals surface area contributed by atoms with Crippen molar-refractivity contribution < 1.29 is 0 Å². The van der Waals surface area contributed by atoms with Gasteiger partial charge in [-0.15, -0.1) is 0 Å². The lowest BCUT2D eigenvalue weighted by molar-refractivity contribution is 0.439. The lowest BCUT2D eigenvalue weighted by Crippen LogP contribution is -2.14. The molecule has 0 bridgehead atoms. The first kappa shape index (κ1) is 21.6. The van der Waals surface area contributed by atoms with E-state index >= 15 is 0 Å². The number of hydrogen-bond acceptors (Lipinski definition) is 2. The van der Waals surface area contributed by atoms with Gasteiger partial charge in [0.15, 0.2) is 0 Å². The SMILES string of the molecule is CCCCCCCCCCCCCCCCCC(C)(C)N=O. The molecule has 132 valence electrons. The first-order valence-electron chi connectivity index (χ1n) is 9.97. The van der Waals surface area contributed by atoms with E-state index in [1.807, 2.05) is 13.8 Å². The van der Waals surface area contributed by atoms with Crippen LogP contribution in [0.5, 0.6) is 0 Å². The highest BCUT2D eigenvalue weighted by Gasteiger charge is 2.16. The van der Waals surface area contributed by atoms with Crippen molar-refractivity contribution in [1.82, 2.24) is 0 Å². The Morgan fingerprint density at radius 2 is 0.909 bits per heavy atom. The van der Waals surface area contributed by atoms with Gasteiger partial charge in [0.05, 0.1) is 5.54 Å². The standard InChI is InChI=1S/C20H41NO/c1-4-5-6-7-8-9-10-11-12-13-14-15-16-17-18-19-20(2,3)21-22/h4-19H2,1-3H3. The minimum Gasteiger partial charge on any atom is -0.150 e. The predicted molar refractivity (Wildman–Crippen MR) is 99.4 cm³/mol. The van der Waals surface area contributed by atoms with Gasteiger partial charge >= 0.3 is 0 Å². The Hall–Kier alpha value is -0.400. The Morgan fingerprint density at radius 3 is 1.23 bits per heavy atom. The molecule has 0 aromatic rings. The Bertz CT molecular complexity index is 238. The molecule has 0 saturated carbocycles. The lowest BCUT2D eigenvalue weighted by atomic mass is 9.97. The second-order valence-corrected chi connectivity index (χ2v) is 7.60. The average Bonchev–Trinajstić information content (AvgIpc) is 2.51. The molecule has 0 aliphatic heterocycles. The number of nitroso groups, excluding NO2 is 1. The molecule has 22 heavy (non-hydrogen) atoms. The van der Waals surface area contributed by atoms with Gasteiger partial charge in [0, 0.05) is 0 Å². The fourth-order valence-electron chi connectivity index (χ4n) is 2.97. The summed E-state index contributed by atoms with van der Waals surface area (Å²) in [5.74, 6) is 0. The zero-order valence-corrected chi connectivity index (χ0v) is 15.7. The smallest absolute Gasteiger partial charge is 0.0970 e. The van der Waals surface area contributed by atoms with Gasteiger partial charge in [-0.25, -0.2) is 0 Å². The van der Waals surface area contributed by atoms with Crippen LogP contribution in [0, 0.1) is 4.91 Å². The van der Waals surface area contributed by atoms with Gasteiger partial charge in [0.1, 0.15) is 0 Å². The largest absolute Gasteiger partial charge is 0.150 e. The van der Waals surface area contributed by atoms with Crippen LogP contribution in [0.2, 0.25) is 0 Å². The van der Waals surface area contributed by atoms with Crippen molar-refractivity contribution in [3.8, 4) is 0 Å². The van der Waals surface area contributed by atoms with Crippen LogP contribution in [0.25, 0.3) is 0 Å². The summed E-state index contributed by atoms with van der Waals surface area (Å²) in [6.45, 7) is 6.15. The van der Waals surface area contributed by atoms with E-state index in [4.69, 9.17) is 0 Å². The second-order valence-electron chi connectivity index (χ2n) is 7.60. The molecule has 2 nitrogen and oxygen atoms in total. The third-order valence-corrected chi connectivity index (χ3v) is 4.64. The monoisotopic (exact) mass is 311 g/mol. The number of rotatable bonds is 17. The Kier molecular flexibility index (Phi) is 15.2. The molecule has 0 aromatic carbocycles. The molecule has 0 aliphatic carbocycles. The van der Waals surface area contributed by atoms with Crippen molar-refractivity contribution in [2.45, 2.75) is 129 Å². The van der Waals surface area contributed by atoms with Crippen LogP contribution in [0.4, 0.5) is 0 Å². The summed E-state index contributed by atoms with van der Waals surface area (Å²) in [7, 11) is 0. The van der Waals surface area contributed by atoms with Gasteiger partial charge in [-0.1, -0.05) is 108 Å². The lowest BCUT2D eigenvalue weighted by Gasteiger charge is -2.14. The van der Waals surface area contributed by atoms with Crippen LogP contribution in [0.3, 0.4) is 0 Å². The Labute approximate surface area is 139 Å². The molecule has 0 fully saturated rings. The molecule has 0 amide bonds. The van der Waals surface area contributed by atoms with Gasteiger partial charge in [-0.3, -0.25) is 0 Å². The van der Waals surface area contributed by atoms with Crippen LogP contribution in [0.1, 0.15) is 124 Å². The van der Waals surface area contributed by atoms with E-state index in [0.717, 1.165) is 12.8 Å². The summed E-state index contributed by atoms with van der Waals surface area (Å²) in [4.78, 5) is 10.6. The van der Waals surface area contributed by atoms with Crippen molar-refractivity contribution in [1.29, 1.82) is 0 Å². The fraction of sp³-hybridized carbons (Fsp3) is 1.00. The van der Waals surface area contributed by atoms with Gasteiger partial charge < -0.3 is 0 Å². The molecule has 0 atom stereocenters. The molecule has 0 N–H and O–H groups in total. The summed E-state index contributed by atoms with van der Waals surface area (Å²) in [5.41, 5.74) is -0.351. The first-order valence-corrected chi connectivity index (χ1v) is 9.97. The van der Waals surface area contributed by atoms with Crippen molar-refractivity contribution >= 4 is 0 Å². The molecule has 0 heterocycles. The number of hydrogen-bond donors (Lipinski definition) is 0. The van der Waals surface area contributed by atoms with Crippen LogP contribution in [-0.2, 0) is 0 Å². The van der Waals surface area contributed by atoms with Crippen molar-refractivity contribution in [2.24, 2.45) is 5.18 Å². The fourth-order valence-corrected chi connectivity index (χ4v) is 2.97. The maximum Gasteiger partial charge on any atom is 0.0970 e. The Balaban J connectivity index is 3.07. The van der Waals surface area contributed by atoms with Crippen LogP contribution in [-0.4, -0.2) is 5.54 Å². The van der Waals surface area contributed by atoms with Gasteiger partial charge in [-0.05, 0) is 20.3 Å². The summed E-state index contributed by atoms with van der Waals surface area (Å²) in [5, 5.41) is 3.17. The predicted octanol–water partition coefficient (Wildman–Crippen LogP) is 7.79. The van der Waals surface area contributed by atoms with E-state index in [1.54, 1.807) is 0 Å². The highest BCUT2D eigenvalue weighted by Crippen LogP contribution is 2.19. The summed E-state index contributed by atoms with van der Waals surface area (Å²) >= 11 is 0. The van der Waals surface area contributed by atoms with Gasteiger partial charge in [-0.2, -0.15) is 4.91 Å². The highest BCUT2D eigenvalue weighted by molar-refractivity contribution is 4.75. The van der Waals surface area contributed by atoms with E-state index in [1.165, 1.54) is 89.9 Å². The topological polar surface area (TPSA) is 29.4 Å². The minimum absolute atomic E-state index is 0.351. The van der Waals surface area contributed by atoms with E-state index in [0.29, 0.717) is 0 Å². The molecule has 0 rings (SSSR count). The molecular weight excluding hydrogens is 270 g/mol. The highest BCUT2D eigenvalue weighted by atomic mass is 16.3. The van der Waals surface area contributed by atoms with Crippen molar-refractivity contribution in [3.05, 3.63) is 4.91 Å². The minimum atomic E-state index is -0.351. The zero-order chi connectivity index (χ0) is 16.5. The second kappa shape index (κ2) is 15.5. The van der Waals surface area contributed by atoms with Crippen LogP contribution < -0.4 is 0 Å². The molecule has 0 saturated heterocycles. The van der Waals surface area contributed by atoms with E-state index in [2.05, 4.69) is 12.1 Å². The molecular formula is C20H41NO. The van der Waals surface area contributed by atoms with E-state index < -0.39 is 0 Å². The normalized spacial score (nSPS) is 11.8. The molecule has 0 aliphatic rings. The first-order chi connectivity index (χ1) is 10.6. The third-order valence-electron chi connectivity index (χ3n) is 4.64. The maximum atomic E-state index is 10.6. The molecule has 0 spiro atoms. The van der Waals surface area contributed by atoms with Crippen molar-refractivity contribution in [2.75, 3.05) is 0 Å². The molecule has 2 heteroatoms. The number of nitrogens with zero attached hydrogens (tertiary/aromatic N) is 1. The maximum absolute atomic E-state index is 10.6. The number of unbranched alkanes of at least 4 members (excludes halogenated alkanes) is 14. The summed E-state index contributed by atoms with van der Waals surface area (Å²) in [6.07, 6.45) is 21.7. The third kappa shape index (κ3) is 16.0. The quantitative estimate of drug-likeness (QED) is 0.199. The molecule has 0 aromatic heterocycles. The molecule has 0 radical (unpaired) electrons. The van der Waals surface area contributed by atoms with E-state index in [-0.39, 0.29) is 5.54 Å². The van der Waals surface area contributed by atoms with Gasteiger partial charge in [0.2, 0.25) is 0 Å². The van der Waals surface area contributed by atoms with Gasteiger partial charge in [0.25, 0.3) is 0 Å². The molecule has 0 unspecified atom stereocenters. The van der Waals surface area contributed by atoms with Crippen molar-refractivity contribution in [3.63, 3.8) is 0 Å².